The van der Waals surface area contributed by atoms with Gasteiger partial charge in [0.2, 0.25) is 5.91 Å². The van der Waals surface area contributed by atoms with E-state index in [1.807, 2.05) is 25.1 Å². The lowest BCUT2D eigenvalue weighted by Crippen LogP contribution is -2.36. The molecular formula is C20H17ClN2O2S. The number of rotatable bonds is 3. The number of aromatic hydroxyl groups is 1. The average Bonchev–Trinajstić information content (AvgIpc) is 3.01. The maximum atomic E-state index is 12.5. The summed E-state index contributed by atoms with van der Waals surface area (Å²) < 4.78 is 0. The number of hydrogen-bond acceptors (Lipinski definition) is 4. The van der Waals surface area contributed by atoms with Crippen LogP contribution >= 0.6 is 23.4 Å². The summed E-state index contributed by atoms with van der Waals surface area (Å²) in [5.41, 5.74) is 1.66. The molecule has 2 unspecified atom stereocenters. The van der Waals surface area contributed by atoms with Crippen LogP contribution < -0.4 is 5.32 Å². The standard InChI is InChI=1S/C20H17ClN2O2S/c1-13-19(20(25)22-12-15-4-2-3-5-17(15)21)26-18(23-13)11-8-14-6-9-16(24)10-7-14/h2-7,9-10,13,19,24H,12H2,1H3,(H,22,25). The molecule has 0 aliphatic carbocycles. The molecule has 0 aromatic heterocycles. The van der Waals surface area contributed by atoms with E-state index in [9.17, 15) is 9.90 Å². The van der Waals surface area contributed by atoms with E-state index in [0.717, 1.165) is 11.1 Å². The highest BCUT2D eigenvalue weighted by atomic mass is 35.5. The zero-order valence-electron chi connectivity index (χ0n) is 14.1. The Labute approximate surface area is 161 Å². The van der Waals surface area contributed by atoms with E-state index in [-0.39, 0.29) is 22.9 Å². The molecule has 132 valence electrons. The van der Waals surface area contributed by atoms with Gasteiger partial charge in [-0.05, 0) is 48.7 Å². The Morgan fingerprint density at radius 1 is 1.23 bits per heavy atom. The quantitative estimate of drug-likeness (QED) is 0.794. The van der Waals surface area contributed by atoms with Gasteiger partial charge in [0.25, 0.3) is 0 Å². The Hall–Kier alpha value is -2.42. The van der Waals surface area contributed by atoms with E-state index >= 15 is 0 Å². The molecule has 26 heavy (non-hydrogen) atoms. The fraction of sp³-hybridized carbons (Fsp3) is 0.200. The Balaban J connectivity index is 1.59. The molecule has 3 rings (SSSR count). The molecule has 0 bridgehead atoms. The molecule has 2 aromatic rings. The lowest BCUT2D eigenvalue weighted by molar-refractivity contribution is -0.120. The van der Waals surface area contributed by atoms with Crippen LogP contribution in [-0.4, -0.2) is 27.3 Å². The minimum atomic E-state index is -0.304. The van der Waals surface area contributed by atoms with Crippen LogP contribution in [0.15, 0.2) is 53.5 Å². The number of hydrogen-bond donors (Lipinski definition) is 2. The zero-order valence-corrected chi connectivity index (χ0v) is 15.6. The Morgan fingerprint density at radius 3 is 2.69 bits per heavy atom. The van der Waals surface area contributed by atoms with E-state index in [1.165, 1.54) is 11.8 Å². The molecule has 1 aliphatic heterocycles. The number of carbonyl (C=O) groups is 1. The number of nitrogens with zero attached hydrogens (tertiary/aromatic N) is 1. The monoisotopic (exact) mass is 384 g/mol. The lowest BCUT2D eigenvalue weighted by Gasteiger charge is -2.13. The third-order valence-corrected chi connectivity index (χ3v) is 5.51. The average molecular weight is 385 g/mol. The van der Waals surface area contributed by atoms with Gasteiger partial charge < -0.3 is 10.4 Å². The van der Waals surface area contributed by atoms with Crippen molar-refractivity contribution in [2.24, 2.45) is 4.99 Å². The normalized spacial score (nSPS) is 18.6. The Morgan fingerprint density at radius 2 is 1.96 bits per heavy atom. The zero-order chi connectivity index (χ0) is 18.5. The molecule has 0 spiro atoms. The van der Waals surface area contributed by atoms with Crippen LogP contribution in [0.25, 0.3) is 0 Å². The van der Waals surface area contributed by atoms with E-state index in [4.69, 9.17) is 11.6 Å². The van der Waals surface area contributed by atoms with Crippen LogP contribution in [0.1, 0.15) is 18.1 Å². The smallest absolute Gasteiger partial charge is 0.236 e. The van der Waals surface area contributed by atoms with Crippen molar-refractivity contribution in [2.75, 3.05) is 0 Å². The number of amides is 1. The van der Waals surface area contributed by atoms with Gasteiger partial charge >= 0.3 is 0 Å². The van der Waals surface area contributed by atoms with Crippen molar-refractivity contribution in [1.29, 1.82) is 0 Å². The minimum Gasteiger partial charge on any atom is -0.508 e. The van der Waals surface area contributed by atoms with Crippen molar-refractivity contribution in [2.45, 2.75) is 24.8 Å². The highest BCUT2D eigenvalue weighted by molar-refractivity contribution is 8.16. The van der Waals surface area contributed by atoms with Gasteiger partial charge in [0, 0.05) is 17.1 Å². The second kappa shape index (κ2) is 8.31. The van der Waals surface area contributed by atoms with Gasteiger partial charge in [0.15, 0.2) is 0 Å². The van der Waals surface area contributed by atoms with Gasteiger partial charge in [-0.2, -0.15) is 0 Å². The number of thioether (sulfide) groups is 1. The second-order valence-corrected chi connectivity index (χ2v) is 7.36. The van der Waals surface area contributed by atoms with Crippen molar-refractivity contribution in [1.82, 2.24) is 5.32 Å². The molecule has 0 saturated heterocycles. The first-order valence-corrected chi connectivity index (χ1v) is 9.35. The fourth-order valence-electron chi connectivity index (χ4n) is 2.43. The molecule has 0 fully saturated rings. The first-order valence-electron chi connectivity index (χ1n) is 8.09. The van der Waals surface area contributed by atoms with E-state index < -0.39 is 0 Å². The summed E-state index contributed by atoms with van der Waals surface area (Å²) in [4.78, 5) is 16.9. The van der Waals surface area contributed by atoms with Gasteiger partial charge in [-0.3, -0.25) is 9.79 Å². The highest BCUT2D eigenvalue weighted by Gasteiger charge is 2.32. The van der Waals surface area contributed by atoms with Gasteiger partial charge in [-0.15, -0.1) is 0 Å². The van der Waals surface area contributed by atoms with Crippen LogP contribution in [-0.2, 0) is 11.3 Å². The van der Waals surface area contributed by atoms with Crippen molar-refractivity contribution in [3.63, 3.8) is 0 Å². The molecule has 2 atom stereocenters. The Kier molecular flexibility index (Phi) is 5.87. The number of nitrogens with one attached hydrogen (secondary N) is 1. The second-order valence-electron chi connectivity index (χ2n) is 5.82. The van der Waals surface area contributed by atoms with Gasteiger partial charge in [-0.1, -0.05) is 47.5 Å². The number of benzene rings is 2. The predicted octanol–water partition coefficient (Wildman–Crippen LogP) is 3.62. The molecule has 1 amide bonds. The molecule has 1 heterocycles. The summed E-state index contributed by atoms with van der Waals surface area (Å²) in [5, 5.41) is 13.2. The maximum Gasteiger partial charge on any atom is 0.236 e. The summed E-state index contributed by atoms with van der Waals surface area (Å²) in [5.74, 6) is 6.12. The molecule has 0 radical (unpaired) electrons. The molecule has 4 nitrogen and oxygen atoms in total. The minimum absolute atomic E-state index is 0.0763. The molecular weight excluding hydrogens is 368 g/mol. The van der Waals surface area contributed by atoms with E-state index in [2.05, 4.69) is 22.2 Å². The SMILES string of the molecule is CC1N=C(C#Cc2ccc(O)cc2)SC1C(=O)NCc1ccccc1Cl. The van der Waals surface area contributed by atoms with Gasteiger partial charge in [0.1, 0.15) is 16.0 Å². The van der Waals surface area contributed by atoms with Crippen LogP contribution in [0.5, 0.6) is 5.75 Å². The molecule has 2 aromatic carbocycles. The molecule has 0 saturated carbocycles. The number of halogens is 1. The number of aliphatic imine (C=N–C) groups is 1. The van der Waals surface area contributed by atoms with Crippen molar-refractivity contribution < 1.29 is 9.90 Å². The topological polar surface area (TPSA) is 61.7 Å². The first-order chi connectivity index (χ1) is 12.5. The number of carbonyl (C=O) groups excluding carboxylic acids is 1. The highest BCUT2D eigenvalue weighted by Crippen LogP contribution is 2.27. The maximum absolute atomic E-state index is 12.5. The fourth-order valence-corrected chi connectivity index (χ4v) is 3.66. The van der Waals surface area contributed by atoms with Crippen LogP contribution in [0.3, 0.4) is 0 Å². The number of phenolic OH excluding ortho intramolecular Hbond substituents is 1. The van der Waals surface area contributed by atoms with Gasteiger partial charge in [0.05, 0.1) is 6.04 Å². The van der Waals surface area contributed by atoms with Crippen LogP contribution in [0.4, 0.5) is 0 Å². The van der Waals surface area contributed by atoms with Crippen LogP contribution in [0, 0.1) is 11.8 Å². The first kappa shape index (κ1) is 18.4. The summed E-state index contributed by atoms with van der Waals surface area (Å²) >= 11 is 7.49. The third-order valence-electron chi connectivity index (χ3n) is 3.85. The molecule has 2 N–H and O–H groups in total. The molecule has 1 aliphatic rings. The summed E-state index contributed by atoms with van der Waals surface area (Å²) in [6, 6.07) is 13.9. The number of phenols is 1. The predicted molar refractivity (Wildman–Crippen MR) is 107 cm³/mol. The van der Waals surface area contributed by atoms with E-state index in [0.29, 0.717) is 16.6 Å². The van der Waals surface area contributed by atoms with Gasteiger partial charge in [-0.25, -0.2) is 0 Å². The summed E-state index contributed by atoms with van der Waals surface area (Å²) in [6.45, 7) is 2.29. The molecule has 6 heteroatoms. The van der Waals surface area contributed by atoms with E-state index in [1.54, 1.807) is 30.3 Å². The summed E-state index contributed by atoms with van der Waals surface area (Å²) in [7, 11) is 0. The summed E-state index contributed by atoms with van der Waals surface area (Å²) in [6.07, 6.45) is 0. The van der Waals surface area contributed by atoms with Crippen molar-refractivity contribution in [3.8, 4) is 17.6 Å². The third kappa shape index (κ3) is 4.60. The lowest BCUT2D eigenvalue weighted by atomic mass is 10.2. The largest absolute Gasteiger partial charge is 0.508 e. The Bertz CT molecular complexity index is 900. The van der Waals surface area contributed by atoms with Crippen molar-refractivity contribution in [3.05, 3.63) is 64.7 Å². The van der Waals surface area contributed by atoms with Crippen LogP contribution in [0.2, 0.25) is 5.02 Å². The van der Waals surface area contributed by atoms with Crippen molar-refractivity contribution >= 4 is 34.3 Å².